The summed E-state index contributed by atoms with van der Waals surface area (Å²) in [4.78, 5) is 24.7. The largest absolute Gasteiger partial charge is 0.449 e. The molecule has 1 aliphatic heterocycles. The zero-order valence-corrected chi connectivity index (χ0v) is 17.2. The number of anilines is 1. The number of benzene rings is 2. The third kappa shape index (κ3) is 5.02. The Morgan fingerprint density at radius 1 is 1.07 bits per heavy atom. The SMILES string of the molecule is Cc1cccc(C(=O)O[C@@H](C)C(=O)Nc2ccc(S(=O)(=O)N3CCCC3)cc2)c1. The van der Waals surface area contributed by atoms with Crippen LogP contribution < -0.4 is 5.32 Å². The molecule has 29 heavy (non-hydrogen) atoms. The van der Waals surface area contributed by atoms with Crippen molar-refractivity contribution in [2.24, 2.45) is 0 Å². The molecule has 0 radical (unpaired) electrons. The number of ether oxygens (including phenoxy) is 1. The van der Waals surface area contributed by atoms with Gasteiger partial charge in [-0.25, -0.2) is 13.2 Å². The average Bonchev–Trinajstić information content (AvgIpc) is 3.24. The minimum Gasteiger partial charge on any atom is -0.449 e. The molecule has 3 rings (SSSR count). The van der Waals surface area contributed by atoms with Gasteiger partial charge in [0.15, 0.2) is 6.10 Å². The lowest BCUT2D eigenvalue weighted by Crippen LogP contribution is -2.30. The van der Waals surface area contributed by atoms with Crippen LogP contribution in [0.5, 0.6) is 0 Å². The fourth-order valence-electron chi connectivity index (χ4n) is 3.09. The highest BCUT2D eigenvalue weighted by Crippen LogP contribution is 2.22. The van der Waals surface area contributed by atoms with Crippen molar-refractivity contribution < 1.29 is 22.7 Å². The van der Waals surface area contributed by atoms with E-state index in [-0.39, 0.29) is 4.90 Å². The van der Waals surface area contributed by atoms with Gasteiger partial charge in [0, 0.05) is 18.8 Å². The molecular weight excluding hydrogens is 392 g/mol. The van der Waals surface area contributed by atoms with Gasteiger partial charge in [-0.05, 0) is 63.1 Å². The van der Waals surface area contributed by atoms with Crippen molar-refractivity contribution in [3.8, 4) is 0 Å². The Morgan fingerprint density at radius 2 is 1.72 bits per heavy atom. The van der Waals surface area contributed by atoms with E-state index in [2.05, 4.69) is 5.32 Å². The lowest BCUT2D eigenvalue weighted by atomic mass is 10.1. The van der Waals surface area contributed by atoms with Crippen molar-refractivity contribution in [1.82, 2.24) is 4.31 Å². The topological polar surface area (TPSA) is 92.8 Å². The van der Waals surface area contributed by atoms with E-state index >= 15 is 0 Å². The summed E-state index contributed by atoms with van der Waals surface area (Å²) in [5, 5.41) is 2.63. The Hall–Kier alpha value is -2.71. The zero-order valence-electron chi connectivity index (χ0n) is 16.4. The Labute approximate surface area is 170 Å². The maximum absolute atomic E-state index is 12.5. The van der Waals surface area contributed by atoms with E-state index < -0.39 is 28.0 Å². The first kappa shape index (κ1) is 21.0. The molecule has 1 atom stereocenters. The van der Waals surface area contributed by atoms with Gasteiger partial charge < -0.3 is 10.1 Å². The lowest BCUT2D eigenvalue weighted by molar-refractivity contribution is -0.123. The van der Waals surface area contributed by atoms with Crippen LogP contribution in [-0.4, -0.2) is 43.8 Å². The van der Waals surface area contributed by atoms with Crippen LogP contribution in [-0.2, 0) is 19.6 Å². The number of hydrogen-bond acceptors (Lipinski definition) is 5. The number of hydrogen-bond donors (Lipinski definition) is 1. The molecular formula is C21H24N2O5S. The van der Waals surface area contributed by atoms with E-state index in [1.807, 2.05) is 13.0 Å². The first-order chi connectivity index (χ1) is 13.8. The molecule has 8 heteroatoms. The summed E-state index contributed by atoms with van der Waals surface area (Å²) < 4.78 is 31.8. The Balaban J connectivity index is 1.60. The molecule has 1 heterocycles. The minimum atomic E-state index is -3.50. The number of nitrogens with one attached hydrogen (secondary N) is 1. The molecule has 0 spiro atoms. The van der Waals surface area contributed by atoms with Crippen LogP contribution in [0.1, 0.15) is 35.7 Å². The van der Waals surface area contributed by atoms with Crippen LogP contribution >= 0.6 is 0 Å². The van der Waals surface area contributed by atoms with Gasteiger partial charge in [0.25, 0.3) is 5.91 Å². The van der Waals surface area contributed by atoms with Crippen LogP contribution in [0, 0.1) is 6.92 Å². The summed E-state index contributed by atoms with van der Waals surface area (Å²) in [5.41, 5.74) is 1.72. The third-order valence-corrected chi connectivity index (χ3v) is 6.64. The maximum Gasteiger partial charge on any atom is 0.338 e. The average molecular weight is 416 g/mol. The molecule has 1 fully saturated rings. The highest BCUT2D eigenvalue weighted by molar-refractivity contribution is 7.89. The van der Waals surface area contributed by atoms with E-state index in [1.165, 1.54) is 35.5 Å². The number of rotatable bonds is 6. The fourth-order valence-corrected chi connectivity index (χ4v) is 4.60. The van der Waals surface area contributed by atoms with Crippen molar-refractivity contribution in [3.05, 3.63) is 59.7 Å². The molecule has 1 amide bonds. The van der Waals surface area contributed by atoms with Crippen LogP contribution in [0.15, 0.2) is 53.4 Å². The second kappa shape index (κ2) is 8.75. The van der Waals surface area contributed by atoms with Gasteiger partial charge in [-0.2, -0.15) is 4.31 Å². The second-order valence-corrected chi connectivity index (χ2v) is 8.98. The van der Waals surface area contributed by atoms with Gasteiger partial charge >= 0.3 is 5.97 Å². The number of sulfonamides is 1. The summed E-state index contributed by atoms with van der Waals surface area (Å²) in [6.07, 6.45) is 0.731. The van der Waals surface area contributed by atoms with Gasteiger partial charge in [-0.1, -0.05) is 17.7 Å². The van der Waals surface area contributed by atoms with Crippen molar-refractivity contribution in [1.29, 1.82) is 0 Å². The van der Waals surface area contributed by atoms with E-state index in [0.29, 0.717) is 24.3 Å². The monoisotopic (exact) mass is 416 g/mol. The van der Waals surface area contributed by atoms with E-state index in [0.717, 1.165) is 18.4 Å². The molecule has 1 aliphatic rings. The zero-order chi connectivity index (χ0) is 21.0. The number of esters is 1. The Morgan fingerprint density at radius 3 is 2.34 bits per heavy atom. The number of carbonyl (C=O) groups is 2. The van der Waals surface area contributed by atoms with E-state index in [4.69, 9.17) is 4.74 Å². The molecule has 0 bridgehead atoms. The van der Waals surface area contributed by atoms with E-state index in [9.17, 15) is 18.0 Å². The molecule has 1 saturated heterocycles. The molecule has 154 valence electrons. The molecule has 0 aromatic heterocycles. The standard InChI is InChI=1S/C21H24N2O5S/c1-15-6-5-7-17(14-15)21(25)28-16(2)20(24)22-18-8-10-19(11-9-18)29(26,27)23-12-3-4-13-23/h5-11,14,16H,3-4,12-13H2,1-2H3,(H,22,24)/t16-/m0/s1. The molecule has 0 unspecified atom stereocenters. The van der Waals surface area contributed by atoms with Crippen LogP contribution in [0.2, 0.25) is 0 Å². The first-order valence-corrected chi connectivity index (χ1v) is 10.9. The van der Waals surface area contributed by atoms with Gasteiger partial charge in [0.2, 0.25) is 10.0 Å². The minimum absolute atomic E-state index is 0.191. The van der Waals surface area contributed by atoms with Gasteiger partial charge in [-0.15, -0.1) is 0 Å². The summed E-state index contributed by atoms with van der Waals surface area (Å²) in [6.45, 7) is 4.41. The molecule has 7 nitrogen and oxygen atoms in total. The highest BCUT2D eigenvalue weighted by Gasteiger charge is 2.27. The predicted molar refractivity (Wildman–Crippen MR) is 109 cm³/mol. The highest BCUT2D eigenvalue weighted by atomic mass is 32.2. The number of carbonyl (C=O) groups excluding carboxylic acids is 2. The van der Waals surface area contributed by atoms with Crippen LogP contribution in [0.3, 0.4) is 0 Å². The summed E-state index contributed by atoms with van der Waals surface area (Å²) in [5.74, 6) is -1.08. The van der Waals surface area contributed by atoms with Gasteiger partial charge in [-0.3, -0.25) is 4.79 Å². The summed E-state index contributed by atoms with van der Waals surface area (Å²) >= 11 is 0. The maximum atomic E-state index is 12.5. The van der Waals surface area contributed by atoms with E-state index in [1.54, 1.807) is 18.2 Å². The quantitative estimate of drug-likeness (QED) is 0.731. The first-order valence-electron chi connectivity index (χ1n) is 9.46. The summed E-state index contributed by atoms with van der Waals surface area (Å²) in [7, 11) is -3.50. The van der Waals surface area contributed by atoms with Gasteiger partial charge in [0.1, 0.15) is 0 Å². The van der Waals surface area contributed by atoms with Crippen LogP contribution in [0.4, 0.5) is 5.69 Å². The van der Waals surface area contributed by atoms with Crippen LogP contribution in [0.25, 0.3) is 0 Å². The second-order valence-electron chi connectivity index (χ2n) is 7.04. The Bertz CT molecular complexity index is 996. The molecule has 0 saturated carbocycles. The number of nitrogens with zero attached hydrogens (tertiary/aromatic N) is 1. The molecule has 0 aliphatic carbocycles. The third-order valence-electron chi connectivity index (χ3n) is 4.73. The van der Waals surface area contributed by atoms with Gasteiger partial charge in [0.05, 0.1) is 10.5 Å². The van der Waals surface area contributed by atoms with Crippen molar-refractivity contribution >= 4 is 27.6 Å². The Kier molecular flexibility index (Phi) is 6.34. The van der Waals surface area contributed by atoms with Crippen molar-refractivity contribution in [2.75, 3.05) is 18.4 Å². The number of amides is 1. The summed E-state index contributed by atoms with van der Waals surface area (Å²) in [6, 6.07) is 12.9. The van der Waals surface area contributed by atoms with Crippen molar-refractivity contribution in [2.45, 2.75) is 37.7 Å². The molecule has 2 aromatic carbocycles. The normalized spacial score (nSPS) is 15.7. The molecule has 1 N–H and O–H groups in total. The molecule has 2 aromatic rings. The number of aryl methyl sites for hydroxylation is 1. The smallest absolute Gasteiger partial charge is 0.338 e. The van der Waals surface area contributed by atoms with Crippen molar-refractivity contribution in [3.63, 3.8) is 0 Å². The fraction of sp³-hybridized carbons (Fsp3) is 0.333. The lowest BCUT2D eigenvalue weighted by Gasteiger charge is -2.16. The predicted octanol–water partition coefficient (Wildman–Crippen LogP) is 2.96.